The number of nitrogens with one attached hydrogen (secondary N) is 1. The highest BCUT2D eigenvalue weighted by Crippen LogP contribution is 2.34. The first-order chi connectivity index (χ1) is 14.1. The summed E-state index contributed by atoms with van der Waals surface area (Å²) in [5.41, 5.74) is 6.63. The summed E-state index contributed by atoms with van der Waals surface area (Å²) in [5, 5.41) is 3.99. The molecule has 1 saturated heterocycles. The Bertz CT molecular complexity index is 1040. The number of benzene rings is 1. The molecule has 1 fully saturated rings. The molecule has 9 nitrogen and oxygen atoms in total. The Labute approximate surface area is 166 Å². The van der Waals surface area contributed by atoms with Gasteiger partial charge in [-0.2, -0.15) is 4.98 Å². The minimum Gasteiger partial charge on any atom is -0.493 e. The number of aromatic nitrogens is 3. The average molecular weight is 395 g/mol. The molecule has 150 valence electrons. The van der Waals surface area contributed by atoms with Crippen LogP contribution in [0.4, 0.5) is 0 Å². The molecule has 0 aliphatic carbocycles. The fourth-order valence-corrected chi connectivity index (χ4v) is 3.49. The Hall–Kier alpha value is -3.62. The lowest BCUT2D eigenvalue weighted by Gasteiger charge is -2.23. The molecule has 3 aromatic rings. The first-order valence-corrected chi connectivity index (χ1v) is 9.43. The zero-order chi connectivity index (χ0) is 20.4. The lowest BCUT2D eigenvalue weighted by Crippen LogP contribution is -2.31. The van der Waals surface area contributed by atoms with E-state index in [0.29, 0.717) is 47.4 Å². The number of carbonyl (C=O) groups is 2. The first-order valence-electron chi connectivity index (χ1n) is 9.43. The predicted molar refractivity (Wildman–Crippen MR) is 103 cm³/mol. The molecule has 0 saturated carbocycles. The summed E-state index contributed by atoms with van der Waals surface area (Å²) in [5.74, 6) is 0.544. The van der Waals surface area contributed by atoms with Gasteiger partial charge >= 0.3 is 0 Å². The molecule has 3 heterocycles. The van der Waals surface area contributed by atoms with Gasteiger partial charge in [0, 0.05) is 12.7 Å². The van der Waals surface area contributed by atoms with Gasteiger partial charge in [-0.3, -0.25) is 9.59 Å². The molecule has 29 heavy (non-hydrogen) atoms. The molecule has 1 aliphatic rings. The number of nitrogens with zero attached hydrogens (tertiary/aromatic N) is 3. The zero-order valence-corrected chi connectivity index (χ0v) is 15.9. The molecule has 1 atom stereocenters. The number of carbonyl (C=O) groups excluding carboxylic acids is 2. The van der Waals surface area contributed by atoms with Crippen LogP contribution in [0.15, 0.2) is 41.1 Å². The second-order valence-corrected chi connectivity index (χ2v) is 6.71. The first kappa shape index (κ1) is 18.7. The van der Waals surface area contributed by atoms with Crippen LogP contribution in [0.3, 0.4) is 0 Å². The van der Waals surface area contributed by atoms with Crippen LogP contribution in [-0.2, 0) is 0 Å². The Morgan fingerprint density at radius 2 is 2.21 bits per heavy atom. The van der Waals surface area contributed by atoms with Gasteiger partial charge in [0.05, 0.1) is 23.4 Å². The maximum atomic E-state index is 13.2. The van der Waals surface area contributed by atoms with E-state index in [1.54, 1.807) is 23.1 Å². The molecule has 4 rings (SSSR count). The van der Waals surface area contributed by atoms with Crippen LogP contribution in [-0.4, -0.2) is 45.0 Å². The number of primary amides is 1. The van der Waals surface area contributed by atoms with E-state index in [1.807, 2.05) is 19.1 Å². The van der Waals surface area contributed by atoms with Gasteiger partial charge in [0.15, 0.2) is 0 Å². The second-order valence-electron chi connectivity index (χ2n) is 6.71. The van der Waals surface area contributed by atoms with E-state index < -0.39 is 5.91 Å². The van der Waals surface area contributed by atoms with E-state index in [9.17, 15) is 9.59 Å². The Balaban J connectivity index is 1.58. The topological polar surface area (TPSA) is 127 Å². The Kier molecular flexibility index (Phi) is 5.03. The summed E-state index contributed by atoms with van der Waals surface area (Å²) in [4.78, 5) is 33.5. The second kappa shape index (κ2) is 7.78. The summed E-state index contributed by atoms with van der Waals surface area (Å²) in [7, 11) is 0. The lowest BCUT2D eigenvalue weighted by molar-refractivity contribution is 0.0705. The summed E-state index contributed by atoms with van der Waals surface area (Å²) < 4.78 is 11.0. The maximum Gasteiger partial charge on any atom is 0.258 e. The molecule has 3 N–H and O–H groups in total. The number of hydrogen-bond acceptors (Lipinski definition) is 6. The number of rotatable bonds is 6. The van der Waals surface area contributed by atoms with E-state index in [0.717, 1.165) is 12.8 Å². The van der Waals surface area contributed by atoms with Gasteiger partial charge in [0.1, 0.15) is 11.8 Å². The van der Waals surface area contributed by atoms with E-state index in [4.69, 9.17) is 15.0 Å². The van der Waals surface area contributed by atoms with Gasteiger partial charge in [-0.1, -0.05) is 17.3 Å². The number of likely N-dealkylation sites (tertiary alicyclic amines) is 1. The molecule has 9 heteroatoms. The van der Waals surface area contributed by atoms with Crippen molar-refractivity contribution in [3.8, 4) is 17.3 Å². The van der Waals surface area contributed by atoms with Crippen LogP contribution in [0.1, 0.15) is 52.4 Å². The molecule has 0 radical (unpaired) electrons. The van der Waals surface area contributed by atoms with Crippen LogP contribution in [0.5, 0.6) is 5.75 Å². The molecular weight excluding hydrogens is 374 g/mol. The zero-order valence-electron chi connectivity index (χ0n) is 15.9. The number of ether oxygens (including phenoxy) is 1. The highest BCUT2D eigenvalue weighted by molar-refractivity contribution is 5.97. The summed E-state index contributed by atoms with van der Waals surface area (Å²) in [6, 6.07) is 8.44. The van der Waals surface area contributed by atoms with Crippen molar-refractivity contribution in [2.24, 2.45) is 5.73 Å². The fourth-order valence-electron chi connectivity index (χ4n) is 3.49. The monoisotopic (exact) mass is 395 g/mol. The van der Waals surface area contributed by atoms with Crippen molar-refractivity contribution in [2.45, 2.75) is 25.8 Å². The van der Waals surface area contributed by atoms with E-state index >= 15 is 0 Å². The highest BCUT2D eigenvalue weighted by atomic mass is 16.5. The van der Waals surface area contributed by atoms with Crippen LogP contribution in [0.2, 0.25) is 0 Å². The van der Waals surface area contributed by atoms with Gasteiger partial charge in [-0.25, -0.2) is 0 Å². The Morgan fingerprint density at radius 1 is 1.38 bits per heavy atom. The van der Waals surface area contributed by atoms with Gasteiger partial charge in [0.25, 0.3) is 5.91 Å². The number of aromatic amines is 1. The maximum absolute atomic E-state index is 13.2. The van der Waals surface area contributed by atoms with E-state index in [-0.39, 0.29) is 11.9 Å². The smallest absolute Gasteiger partial charge is 0.258 e. The van der Waals surface area contributed by atoms with Crippen molar-refractivity contribution in [3.63, 3.8) is 0 Å². The lowest BCUT2D eigenvalue weighted by atomic mass is 10.1. The summed E-state index contributed by atoms with van der Waals surface area (Å²) >= 11 is 0. The molecule has 1 aliphatic heterocycles. The van der Waals surface area contributed by atoms with Crippen molar-refractivity contribution in [3.05, 3.63) is 53.5 Å². The quantitative estimate of drug-likeness (QED) is 0.660. The molecule has 2 amide bonds. The standard InChI is InChI=1S/C20H21N5O4/c1-2-28-16-8-4-3-6-13(16)20(27)25-9-5-7-15(25)19-23-18(24-29-19)14-10-12(11-22-14)17(21)26/h3-4,6,8,10-11,15,22H,2,5,7,9H2,1H3,(H2,21,26). The predicted octanol–water partition coefficient (Wildman–Crippen LogP) is 2.54. The molecule has 1 unspecified atom stereocenters. The average Bonchev–Trinajstić information content (AvgIpc) is 3.47. The largest absolute Gasteiger partial charge is 0.493 e. The van der Waals surface area contributed by atoms with E-state index in [2.05, 4.69) is 15.1 Å². The normalized spacial score (nSPS) is 16.2. The van der Waals surface area contributed by atoms with Gasteiger partial charge in [-0.05, 0) is 38.0 Å². The number of hydrogen-bond donors (Lipinski definition) is 2. The number of para-hydroxylation sites is 1. The molecule has 1 aromatic carbocycles. The van der Waals surface area contributed by atoms with Crippen LogP contribution >= 0.6 is 0 Å². The SMILES string of the molecule is CCOc1ccccc1C(=O)N1CCCC1c1nc(-c2cc(C(N)=O)c[nH]2)no1. The minimum atomic E-state index is -0.545. The minimum absolute atomic E-state index is 0.132. The molecular formula is C20H21N5O4. The van der Waals surface area contributed by atoms with E-state index in [1.165, 1.54) is 6.20 Å². The molecule has 0 bridgehead atoms. The van der Waals surface area contributed by atoms with Crippen molar-refractivity contribution in [1.82, 2.24) is 20.0 Å². The molecule has 2 aromatic heterocycles. The van der Waals surface area contributed by atoms with Gasteiger partial charge in [0.2, 0.25) is 17.6 Å². The van der Waals surface area contributed by atoms with Gasteiger partial charge < -0.3 is 24.9 Å². The summed E-state index contributed by atoms with van der Waals surface area (Å²) in [6.45, 7) is 2.95. The number of amides is 2. The van der Waals surface area contributed by atoms with Crippen molar-refractivity contribution in [1.29, 1.82) is 0 Å². The third-order valence-electron chi connectivity index (χ3n) is 4.87. The van der Waals surface area contributed by atoms with Crippen LogP contribution in [0.25, 0.3) is 11.5 Å². The Morgan fingerprint density at radius 3 is 2.97 bits per heavy atom. The highest BCUT2D eigenvalue weighted by Gasteiger charge is 2.35. The van der Waals surface area contributed by atoms with Crippen molar-refractivity contribution < 1.29 is 18.8 Å². The number of H-pyrrole nitrogens is 1. The summed E-state index contributed by atoms with van der Waals surface area (Å²) in [6.07, 6.45) is 3.05. The number of nitrogens with two attached hydrogens (primary N) is 1. The fraction of sp³-hybridized carbons (Fsp3) is 0.300. The van der Waals surface area contributed by atoms with Crippen LogP contribution < -0.4 is 10.5 Å². The molecule has 0 spiro atoms. The third-order valence-corrected chi connectivity index (χ3v) is 4.87. The third kappa shape index (κ3) is 3.58. The van der Waals surface area contributed by atoms with Crippen LogP contribution in [0, 0.1) is 0 Å². The van der Waals surface area contributed by atoms with Crippen molar-refractivity contribution in [2.75, 3.05) is 13.2 Å². The van der Waals surface area contributed by atoms with Gasteiger partial charge in [-0.15, -0.1) is 0 Å². The van der Waals surface area contributed by atoms with Crippen molar-refractivity contribution >= 4 is 11.8 Å².